The SMILES string of the molecule is CC(=O)c1cc2c(cc1NC(=O)COC(=O)c1cccc(OC(F)F)c1)OCO2. The lowest BCUT2D eigenvalue weighted by Gasteiger charge is -2.11. The number of carbonyl (C=O) groups excluding carboxylic acids is 3. The zero-order valence-corrected chi connectivity index (χ0v) is 15.1. The zero-order valence-electron chi connectivity index (χ0n) is 15.1. The van der Waals surface area contributed by atoms with Crippen molar-refractivity contribution in [1.29, 1.82) is 0 Å². The van der Waals surface area contributed by atoms with Crippen LogP contribution in [0.5, 0.6) is 17.2 Å². The fourth-order valence-electron chi connectivity index (χ4n) is 2.54. The quantitative estimate of drug-likeness (QED) is 0.556. The fourth-order valence-corrected chi connectivity index (χ4v) is 2.54. The summed E-state index contributed by atoms with van der Waals surface area (Å²) in [7, 11) is 0. The largest absolute Gasteiger partial charge is 0.454 e. The molecule has 0 aliphatic carbocycles. The van der Waals surface area contributed by atoms with Crippen LogP contribution >= 0.6 is 0 Å². The molecule has 1 N–H and O–H groups in total. The van der Waals surface area contributed by atoms with Gasteiger partial charge in [0.25, 0.3) is 5.91 Å². The van der Waals surface area contributed by atoms with Gasteiger partial charge in [0.05, 0.1) is 11.3 Å². The number of alkyl halides is 2. The number of carbonyl (C=O) groups is 3. The Kier molecular flexibility index (Phi) is 5.91. The monoisotopic (exact) mass is 407 g/mol. The van der Waals surface area contributed by atoms with E-state index in [0.717, 1.165) is 6.07 Å². The van der Waals surface area contributed by atoms with E-state index in [4.69, 9.17) is 14.2 Å². The first-order valence-corrected chi connectivity index (χ1v) is 8.30. The summed E-state index contributed by atoms with van der Waals surface area (Å²) in [5.41, 5.74) is 0.310. The number of benzene rings is 2. The van der Waals surface area contributed by atoms with E-state index in [9.17, 15) is 23.2 Å². The molecule has 2 aromatic carbocycles. The summed E-state index contributed by atoms with van der Waals surface area (Å²) in [6, 6.07) is 7.85. The number of Topliss-reactive ketones (excluding diaryl/α,β-unsaturated/α-hetero) is 1. The van der Waals surface area contributed by atoms with Gasteiger partial charge in [-0.25, -0.2) is 4.79 Å². The normalized spacial score (nSPS) is 11.9. The van der Waals surface area contributed by atoms with E-state index in [1.54, 1.807) is 0 Å². The Balaban J connectivity index is 1.63. The number of nitrogens with one attached hydrogen (secondary N) is 1. The van der Waals surface area contributed by atoms with Crippen molar-refractivity contribution in [1.82, 2.24) is 0 Å². The van der Waals surface area contributed by atoms with E-state index in [2.05, 4.69) is 10.1 Å². The lowest BCUT2D eigenvalue weighted by atomic mass is 10.1. The van der Waals surface area contributed by atoms with Crippen LogP contribution in [0, 0.1) is 0 Å². The smallest absolute Gasteiger partial charge is 0.387 e. The molecule has 0 saturated carbocycles. The molecular weight excluding hydrogens is 392 g/mol. The molecule has 8 nitrogen and oxygen atoms in total. The lowest BCUT2D eigenvalue weighted by molar-refractivity contribution is -0.119. The molecule has 29 heavy (non-hydrogen) atoms. The Morgan fingerprint density at radius 1 is 1.14 bits per heavy atom. The minimum Gasteiger partial charge on any atom is -0.454 e. The van der Waals surface area contributed by atoms with Crippen LogP contribution in [0.15, 0.2) is 36.4 Å². The molecule has 0 atom stereocenters. The molecule has 0 unspecified atom stereocenters. The Morgan fingerprint density at radius 2 is 1.86 bits per heavy atom. The van der Waals surface area contributed by atoms with Gasteiger partial charge in [-0.1, -0.05) is 6.07 Å². The summed E-state index contributed by atoms with van der Waals surface area (Å²) in [5, 5.41) is 2.47. The molecule has 0 radical (unpaired) electrons. The van der Waals surface area contributed by atoms with Crippen molar-refractivity contribution in [3.63, 3.8) is 0 Å². The van der Waals surface area contributed by atoms with Gasteiger partial charge in [0.15, 0.2) is 23.9 Å². The van der Waals surface area contributed by atoms with Crippen LogP contribution in [0.4, 0.5) is 14.5 Å². The Morgan fingerprint density at radius 3 is 2.55 bits per heavy atom. The van der Waals surface area contributed by atoms with Gasteiger partial charge in [-0.05, 0) is 31.2 Å². The summed E-state index contributed by atoms with van der Waals surface area (Å²) >= 11 is 0. The van der Waals surface area contributed by atoms with Crippen LogP contribution in [0.2, 0.25) is 0 Å². The Labute approximate surface area is 163 Å². The molecular formula is C19H15F2NO7. The molecule has 0 fully saturated rings. The predicted molar refractivity (Wildman–Crippen MR) is 94.6 cm³/mol. The summed E-state index contributed by atoms with van der Waals surface area (Å²) in [5.74, 6) is -1.41. The van der Waals surface area contributed by atoms with Crippen molar-refractivity contribution in [2.24, 2.45) is 0 Å². The molecule has 1 heterocycles. The number of halogens is 2. The number of esters is 1. The number of anilines is 1. The molecule has 3 rings (SSSR count). The minimum atomic E-state index is -3.04. The van der Waals surface area contributed by atoms with E-state index in [-0.39, 0.29) is 35.1 Å². The molecule has 0 aromatic heterocycles. The number of ketones is 1. The predicted octanol–water partition coefficient (Wildman–Crippen LogP) is 3.01. The zero-order chi connectivity index (χ0) is 21.0. The number of amides is 1. The van der Waals surface area contributed by atoms with E-state index in [0.29, 0.717) is 11.5 Å². The lowest BCUT2D eigenvalue weighted by Crippen LogP contribution is -2.22. The molecule has 0 spiro atoms. The highest BCUT2D eigenvalue weighted by Crippen LogP contribution is 2.37. The van der Waals surface area contributed by atoms with Gasteiger partial charge < -0.3 is 24.3 Å². The van der Waals surface area contributed by atoms with E-state index in [1.165, 1.54) is 37.3 Å². The van der Waals surface area contributed by atoms with Gasteiger partial charge in [0.2, 0.25) is 6.79 Å². The van der Waals surface area contributed by atoms with Crippen molar-refractivity contribution < 1.29 is 42.1 Å². The van der Waals surface area contributed by atoms with E-state index >= 15 is 0 Å². The van der Waals surface area contributed by atoms with Crippen molar-refractivity contribution >= 4 is 23.3 Å². The molecule has 1 aliphatic heterocycles. The standard InChI is InChI=1S/C19H15F2NO7/c1-10(23)13-6-15-16(28-9-27-15)7-14(13)22-17(24)8-26-18(25)11-3-2-4-12(5-11)29-19(20)21/h2-7,19H,8-9H2,1H3,(H,22,24). The Bertz CT molecular complexity index is 962. The third kappa shape index (κ3) is 4.98. The van der Waals surface area contributed by atoms with E-state index < -0.39 is 25.1 Å². The maximum absolute atomic E-state index is 12.3. The number of rotatable bonds is 7. The maximum atomic E-state index is 12.3. The minimum absolute atomic E-state index is 0.00394. The highest BCUT2D eigenvalue weighted by atomic mass is 19.3. The van der Waals surface area contributed by atoms with Crippen molar-refractivity contribution in [2.45, 2.75) is 13.5 Å². The molecule has 10 heteroatoms. The first kappa shape index (κ1) is 20.1. The van der Waals surface area contributed by atoms with Crippen LogP contribution in [0.25, 0.3) is 0 Å². The van der Waals surface area contributed by atoms with Crippen molar-refractivity contribution in [2.75, 3.05) is 18.7 Å². The number of hydrogen-bond acceptors (Lipinski definition) is 7. The number of ether oxygens (including phenoxy) is 4. The van der Waals surface area contributed by atoms with Crippen LogP contribution < -0.4 is 19.5 Å². The second kappa shape index (κ2) is 8.55. The van der Waals surface area contributed by atoms with Gasteiger partial charge in [0, 0.05) is 11.6 Å². The third-order valence-corrected chi connectivity index (χ3v) is 3.80. The second-order valence-electron chi connectivity index (χ2n) is 5.84. The molecule has 152 valence electrons. The summed E-state index contributed by atoms with van der Waals surface area (Å²) in [6.45, 7) is -2.38. The van der Waals surface area contributed by atoms with Crippen LogP contribution in [0.3, 0.4) is 0 Å². The van der Waals surface area contributed by atoms with Gasteiger partial charge >= 0.3 is 12.6 Å². The highest BCUT2D eigenvalue weighted by molar-refractivity contribution is 6.05. The maximum Gasteiger partial charge on any atom is 0.387 e. The molecule has 2 aromatic rings. The fraction of sp³-hybridized carbons (Fsp3) is 0.211. The van der Waals surface area contributed by atoms with Crippen LogP contribution in [-0.4, -0.2) is 37.7 Å². The second-order valence-corrected chi connectivity index (χ2v) is 5.84. The van der Waals surface area contributed by atoms with Gasteiger partial charge in [-0.2, -0.15) is 8.78 Å². The first-order chi connectivity index (χ1) is 13.8. The molecule has 0 bridgehead atoms. The molecule has 0 saturated heterocycles. The topological polar surface area (TPSA) is 100 Å². The van der Waals surface area contributed by atoms with Crippen LogP contribution in [0.1, 0.15) is 27.6 Å². The van der Waals surface area contributed by atoms with Crippen molar-refractivity contribution in [3.05, 3.63) is 47.5 Å². The Hall–Kier alpha value is -3.69. The van der Waals surface area contributed by atoms with Crippen molar-refractivity contribution in [3.8, 4) is 17.2 Å². The van der Waals surface area contributed by atoms with E-state index in [1.807, 2.05) is 0 Å². The average Bonchev–Trinajstić information content (AvgIpc) is 3.12. The molecule has 1 amide bonds. The number of fused-ring (bicyclic) bond motifs is 1. The average molecular weight is 407 g/mol. The van der Waals surface area contributed by atoms with Gasteiger partial charge in [-0.3, -0.25) is 9.59 Å². The summed E-state index contributed by atoms with van der Waals surface area (Å²) in [4.78, 5) is 36.0. The third-order valence-electron chi connectivity index (χ3n) is 3.80. The van der Waals surface area contributed by atoms with Gasteiger partial charge in [0.1, 0.15) is 5.75 Å². The number of hydrogen-bond donors (Lipinski definition) is 1. The first-order valence-electron chi connectivity index (χ1n) is 8.30. The molecule has 1 aliphatic rings. The summed E-state index contributed by atoms with van der Waals surface area (Å²) < 4.78 is 44.0. The highest BCUT2D eigenvalue weighted by Gasteiger charge is 2.21. The van der Waals surface area contributed by atoms with Gasteiger partial charge in [-0.15, -0.1) is 0 Å². The van der Waals surface area contributed by atoms with Crippen LogP contribution in [-0.2, 0) is 9.53 Å². The summed E-state index contributed by atoms with van der Waals surface area (Å²) in [6.07, 6.45) is 0.